The van der Waals surface area contributed by atoms with Crippen LogP contribution in [0.5, 0.6) is 11.6 Å². The minimum atomic E-state index is -0.143. The van der Waals surface area contributed by atoms with Gasteiger partial charge in [-0.2, -0.15) is 4.98 Å². The number of anilines is 1. The lowest BCUT2D eigenvalue weighted by Gasteiger charge is -2.32. The first-order chi connectivity index (χ1) is 18.1. The van der Waals surface area contributed by atoms with E-state index >= 15 is 0 Å². The van der Waals surface area contributed by atoms with Gasteiger partial charge in [-0.25, -0.2) is 4.98 Å². The quantitative estimate of drug-likeness (QED) is 0.382. The van der Waals surface area contributed by atoms with Crippen molar-refractivity contribution in [2.45, 2.75) is 13.2 Å². The number of fused-ring (bicyclic) bond motifs is 1. The smallest absolute Gasteiger partial charge is 0.256 e. The van der Waals surface area contributed by atoms with Crippen molar-refractivity contribution < 1.29 is 14.3 Å². The van der Waals surface area contributed by atoms with Gasteiger partial charge in [0.1, 0.15) is 12.4 Å². The third-order valence-electron chi connectivity index (χ3n) is 6.46. The molecule has 8 nitrogen and oxygen atoms in total. The maximum Gasteiger partial charge on any atom is 0.256 e. The Morgan fingerprint density at radius 3 is 2.68 bits per heavy atom. The number of rotatable bonds is 8. The molecule has 0 unspecified atom stereocenters. The number of benzene rings is 3. The molecule has 1 fully saturated rings. The molecule has 1 amide bonds. The summed E-state index contributed by atoms with van der Waals surface area (Å²) in [6.45, 7) is 5.47. The van der Waals surface area contributed by atoms with Gasteiger partial charge in [0.25, 0.3) is 5.91 Å². The number of aromatic nitrogens is 2. The van der Waals surface area contributed by atoms with Gasteiger partial charge in [0.05, 0.1) is 0 Å². The van der Waals surface area contributed by atoms with E-state index in [-0.39, 0.29) is 5.91 Å². The first-order valence-corrected chi connectivity index (χ1v) is 12.4. The fourth-order valence-electron chi connectivity index (χ4n) is 4.49. The van der Waals surface area contributed by atoms with Crippen LogP contribution in [0.1, 0.15) is 21.7 Å². The molecular formula is C29H31N5O3. The van der Waals surface area contributed by atoms with Crippen molar-refractivity contribution in [1.82, 2.24) is 19.8 Å². The summed E-state index contributed by atoms with van der Waals surface area (Å²) >= 11 is 0. The number of amides is 1. The number of ether oxygens (including phenoxy) is 2. The molecule has 0 radical (unpaired) electrons. The van der Waals surface area contributed by atoms with Crippen molar-refractivity contribution in [3.8, 4) is 11.6 Å². The molecular weight excluding hydrogens is 466 g/mol. The van der Waals surface area contributed by atoms with Gasteiger partial charge in [-0.1, -0.05) is 24.3 Å². The molecule has 0 spiro atoms. The SMILES string of the molecule is COCc1nccc(Oc2ccc3c(C(=O)Nc4cccc(CN5CCN(C)CC5)c4)cccc3c2)n1. The highest BCUT2D eigenvalue weighted by Gasteiger charge is 2.15. The van der Waals surface area contributed by atoms with Gasteiger partial charge in [-0.05, 0) is 59.8 Å². The zero-order valence-corrected chi connectivity index (χ0v) is 21.2. The number of likely N-dealkylation sites (N-methyl/N-ethyl adjacent to an activating group) is 1. The number of piperazine rings is 1. The highest BCUT2D eigenvalue weighted by molar-refractivity contribution is 6.13. The second-order valence-electron chi connectivity index (χ2n) is 9.27. The molecule has 190 valence electrons. The Morgan fingerprint density at radius 2 is 1.84 bits per heavy atom. The van der Waals surface area contributed by atoms with Crippen molar-refractivity contribution in [2.75, 3.05) is 45.7 Å². The molecule has 0 bridgehead atoms. The molecule has 2 heterocycles. The van der Waals surface area contributed by atoms with E-state index in [1.807, 2.05) is 48.5 Å². The summed E-state index contributed by atoms with van der Waals surface area (Å²) in [5, 5.41) is 4.84. The predicted molar refractivity (Wildman–Crippen MR) is 144 cm³/mol. The number of carbonyl (C=O) groups excluding carboxylic acids is 1. The molecule has 1 saturated heterocycles. The van der Waals surface area contributed by atoms with E-state index in [4.69, 9.17) is 9.47 Å². The van der Waals surface area contributed by atoms with Gasteiger partial charge >= 0.3 is 0 Å². The van der Waals surface area contributed by atoms with Crippen molar-refractivity contribution in [3.05, 3.63) is 89.9 Å². The van der Waals surface area contributed by atoms with Crippen LogP contribution >= 0.6 is 0 Å². The molecule has 4 aromatic rings. The van der Waals surface area contributed by atoms with Crippen LogP contribution in [0, 0.1) is 0 Å². The van der Waals surface area contributed by atoms with Crippen LogP contribution in [0.4, 0.5) is 5.69 Å². The zero-order valence-electron chi connectivity index (χ0n) is 21.2. The number of methoxy groups -OCH3 is 1. The molecule has 1 aromatic heterocycles. The minimum absolute atomic E-state index is 0.143. The Morgan fingerprint density at radius 1 is 1.00 bits per heavy atom. The summed E-state index contributed by atoms with van der Waals surface area (Å²) in [4.78, 5) is 26.6. The zero-order chi connectivity index (χ0) is 25.6. The fraction of sp³-hybridized carbons (Fsp3) is 0.276. The van der Waals surface area contributed by atoms with Gasteiger partial charge in [0.2, 0.25) is 5.88 Å². The van der Waals surface area contributed by atoms with E-state index in [1.165, 1.54) is 5.56 Å². The summed E-state index contributed by atoms with van der Waals surface area (Å²) in [5.74, 6) is 1.47. The van der Waals surface area contributed by atoms with Gasteiger partial charge in [0, 0.05) is 63.3 Å². The number of hydrogen-bond acceptors (Lipinski definition) is 7. The van der Waals surface area contributed by atoms with Crippen LogP contribution in [-0.4, -0.2) is 66.0 Å². The Bertz CT molecular complexity index is 1390. The third-order valence-corrected chi connectivity index (χ3v) is 6.46. The maximum atomic E-state index is 13.3. The first kappa shape index (κ1) is 24.8. The summed E-state index contributed by atoms with van der Waals surface area (Å²) in [7, 11) is 3.75. The molecule has 5 rings (SSSR count). The Hall–Kier alpha value is -3.85. The Labute approximate surface area is 216 Å². The number of carbonyl (C=O) groups is 1. The summed E-state index contributed by atoms with van der Waals surface area (Å²) in [5.41, 5.74) is 2.60. The van der Waals surface area contributed by atoms with Crippen LogP contribution in [0.25, 0.3) is 10.8 Å². The molecule has 8 heteroatoms. The molecule has 3 aromatic carbocycles. The minimum Gasteiger partial charge on any atom is -0.439 e. The number of nitrogens with one attached hydrogen (secondary N) is 1. The van der Waals surface area contributed by atoms with Crippen LogP contribution in [-0.2, 0) is 17.9 Å². The second-order valence-corrected chi connectivity index (χ2v) is 9.27. The van der Waals surface area contributed by atoms with Crippen LogP contribution in [0.2, 0.25) is 0 Å². The van der Waals surface area contributed by atoms with Gasteiger partial charge < -0.3 is 19.7 Å². The van der Waals surface area contributed by atoms with Gasteiger partial charge in [0.15, 0.2) is 5.82 Å². The topological polar surface area (TPSA) is 79.8 Å². The second kappa shape index (κ2) is 11.5. The molecule has 1 aliphatic rings. The largest absolute Gasteiger partial charge is 0.439 e. The highest BCUT2D eigenvalue weighted by Crippen LogP contribution is 2.27. The van der Waals surface area contributed by atoms with Crippen molar-refractivity contribution in [3.63, 3.8) is 0 Å². The lowest BCUT2D eigenvalue weighted by molar-refractivity contribution is 0.102. The lowest BCUT2D eigenvalue weighted by atomic mass is 10.0. The van der Waals surface area contributed by atoms with Crippen LogP contribution in [0.15, 0.2) is 72.9 Å². The van der Waals surface area contributed by atoms with Gasteiger partial charge in [-0.15, -0.1) is 0 Å². The molecule has 1 aliphatic heterocycles. The summed E-state index contributed by atoms with van der Waals surface area (Å²) in [6.07, 6.45) is 1.64. The van der Waals surface area contributed by atoms with Crippen molar-refractivity contribution in [1.29, 1.82) is 0 Å². The molecule has 0 atom stereocenters. The van der Waals surface area contributed by atoms with Gasteiger partial charge in [-0.3, -0.25) is 9.69 Å². The fourth-order valence-corrected chi connectivity index (χ4v) is 4.49. The van der Waals surface area contributed by atoms with E-state index in [1.54, 1.807) is 19.4 Å². The normalized spacial score (nSPS) is 14.5. The van der Waals surface area contributed by atoms with E-state index in [0.29, 0.717) is 29.6 Å². The maximum absolute atomic E-state index is 13.3. The monoisotopic (exact) mass is 497 g/mol. The Balaban J connectivity index is 1.29. The average Bonchev–Trinajstić information content (AvgIpc) is 2.90. The van der Waals surface area contributed by atoms with Crippen LogP contribution in [0.3, 0.4) is 0 Å². The predicted octanol–water partition coefficient (Wildman–Crippen LogP) is 4.57. The molecule has 0 aliphatic carbocycles. The van der Waals surface area contributed by atoms with Crippen molar-refractivity contribution in [2.24, 2.45) is 0 Å². The summed E-state index contributed by atoms with van der Waals surface area (Å²) < 4.78 is 11.0. The van der Waals surface area contributed by atoms with Crippen molar-refractivity contribution >= 4 is 22.4 Å². The third kappa shape index (κ3) is 6.29. The molecule has 1 N–H and O–H groups in total. The Kier molecular flexibility index (Phi) is 7.70. The highest BCUT2D eigenvalue weighted by atomic mass is 16.5. The van der Waals surface area contributed by atoms with Crippen LogP contribution < -0.4 is 10.1 Å². The first-order valence-electron chi connectivity index (χ1n) is 12.4. The van der Waals surface area contributed by atoms with E-state index < -0.39 is 0 Å². The summed E-state index contributed by atoms with van der Waals surface area (Å²) in [6, 6.07) is 21.1. The number of hydrogen-bond donors (Lipinski definition) is 1. The van der Waals surface area contributed by atoms with E-state index in [9.17, 15) is 4.79 Å². The molecule has 37 heavy (non-hydrogen) atoms. The van der Waals surface area contributed by atoms with E-state index in [0.717, 1.165) is 49.2 Å². The van der Waals surface area contributed by atoms with E-state index in [2.05, 4.69) is 44.3 Å². The number of nitrogens with zero attached hydrogens (tertiary/aromatic N) is 4. The standard InChI is InChI=1S/C29H31N5O3/c1-33-13-15-34(16-14-33)19-21-5-3-7-23(17-21)31-29(35)26-8-4-6-22-18-24(9-10-25(22)26)37-28-11-12-30-27(32-28)20-36-2/h3-12,17-18H,13-16,19-20H2,1-2H3,(H,31,35). The molecule has 0 saturated carbocycles. The lowest BCUT2D eigenvalue weighted by Crippen LogP contribution is -2.43. The average molecular weight is 498 g/mol.